The number of carbonyl (C=O) groups excluding carboxylic acids is 1. The molecule has 5 aromatic rings. The fourth-order valence-electron chi connectivity index (χ4n) is 3.73. The molecular formula is C24H18ClFN6OS. The summed E-state index contributed by atoms with van der Waals surface area (Å²) in [5.74, 6) is 0.276. The van der Waals surface area contributed by atoms with Gasteiger partial charge in [0.25, 0.3) is 5.91 Å². The van der Waals surface area contributed by atoms with Crippen LogP contribution in [-0.2, 0) is 0 Å². The first-order valence-corrected chi connectivity index (χ1v) is 11.5. The van der Waals surface area contributed by atoms with E-state index in [4.69, 9.17) is 11.6 Å². The number of halogens is 2. The van der Waals surface area contributed by atoms with Gasteiger partial charge in [0.2, 0.25) is 0 Å². The summed E-state index contributed by atoms with van der Waals surface area (Å²) in [5, 5.41) is 12.3. The molecule has 7 nitrogen and oxygen atoms in total. The summed E-state index contributed by atoms with van der Waals surface area (Å²) in [7, 11) is 1.77. The van der Waals surface area contributed by atoms with E-state index in [9.17, 15) is 9.18 Å². The average molecular weight is 493 g/mol. The normalized spacial score (nSPS) is 11.1. The van der Waals surface area contributed by atoms with Crippen LogP contribution in [0.25, 0.3) is 21.0 Å². The number of carbonyl (C=O) groups is 1. The number of nitrogens with one attached hydrogen (secondary N) is 3. The Morgan fingerprint density at radius 3 is 2.74 bits per heavy atom. The van der Waals surface area contributed by atoms with Crippen LogP contribution in [0.3, 0.4) is 0 Å². The number of fused-ring (bicyclic) bond motifs is 2. The Morgan fingerprint density at radius 2 is 1.91 bits per heavy atom. The molecule has 0 spiro atoms. The maximum atomic E-state index is 14.4. The van der Waals surface area contributed by atoms with Crippen LogP contribution in [0.4, 0.5) is 27.4 Å². The number of aromatic nitrogens is 3. The molecule has 0 bridgehead atoms. The third kappa shape index (κ3) is 3.78. The van der Waals surface area contributed by atoms with Crippen molar-refractivity contribution in [1.82, 2.24) is 15.0 Å². The first-order chi connectivity index (χ1) is 16.5. The van der Waals surface area contributed by atoms with Crippen LogP contribution in [-0.4, -0.2) is 27.9 Å². The summed E-state index contributed by atoms with van der Waals surface area (Å²) in [6.07, 6.45) is 3.04. The number of hydrogen-bond acceptors (Lipinski definition) is 7. The molecule has 1 amide bonds. The van der Waals surface area contributed by atoms with Gasteiger partial charge in [-0.15, -0.1) is 11.3 Å². The zero-order valence-electron chi connectivity index (χ0n) is 18.1. The van der Waals surface area contributed by atoms with E-state index in [0.29, 0.717) is 28.4 Å². The lowest BCUT2D eigenvalue weighted by Crippen LogP contribution is -2.13. The highest BCUT2D eigenvalue weighted by atomic mass is 35.5. The number of pyridine rings is 1. The molecule has 5 rings (SSSR count). The molecule has 3 aromatic heterocycles. The predicted molar refractivity (Wildman–Crippen MR) is 136 cm³/mol. The predicted octanol–water partition coefficient (Wildman–Crippen LogP) is 6.38. The van der Waals surface area contributed by atoms with Crippen molar-refractivity contribution in [2.45, 2.75) is 6.92 Å². The van der Waals surface area contributed by atoms with Crippen molar-refractivity contribution >= 4 is 72.8 Å². The van der Waals surface area contributed by atoms with Crippen LogP contribution in [0, 0.1) is 12.7 Å². The van der Waals surface area contributed by atoms with Crippen molar-refractivity contribution in [3.05, 3.63) is 76.3 Å². The Kier molecular flexibility index (Phi) is 5.72. The van der Waals surface area contributed by atoms with Crippen molar-refractivity contribution in [2.75, 3.05) is 23.0 Å². The van der Waals surface area contributed by atoms with Crippen molar-refractivity contribution in [2.24, 2.45) is 0 Å². The number of rotatable bonds is 5. The second kappa shape index (κ2) is 8.85. The summed E-state index contributed by atoms with van der Waals surface area (Å²) < 4.78 is 15.3. The van der Waals surface area contributed by atoms with Crippen LogP contribution in [0.5, 0.6) is 0 Å². The molecule has 3 N–H and O–H groups in total. The largest absolute Gasteiger partial charge is 0.372 e. The molecule has 0 radical (unpaired) electrons. The summed E-state index contributed by atoms with van der Waals surface area (Å²) in [4.78, 5) is 26.1. The Hall–Kier alpha value is -3.82. The van der Waals surface area contributed by atoms with Gasteiger partial charge in [0.1, 0.15) is 18.0 Å². The van der Waals surface area contributed by atoms with Crippen molar-refractivity contribution in [3.63, 3.8) is 0 Å². The number of anilines is 4. The number of hydrogen-bond donors (Lipinski definition) is 3. The van der Waals surface area contributed by atoms with Gasteiger partial charge in [-0.2, -0.15) is 0 Å². The van der Waals surface area contributed by atoms with E-state index in [1.54, 1.807) is 30.8 Å². The molecule has 0 aliphatic carbocycles. The Bertz CT molecular complexity index is 1570. The SMILES string of the molecule is CNc1ncnc2c(C(=O)Nc3c(C)ccc4c(Nc5cccc(Cl)c5F)nccc34)csc12. The van der Waals surface area contributed by atoms with Gasteiger partial charge in [0, 0.05) is 29.4 Å². The lowest BCUT2D eigenvalue weighted by molar-refractivity contribution is 0.102. The van der Waals surface area contributed by atoms with Gasteiger partial charge in [-0.3, -0.25) is 4.79 Å². The standard InChI is InChI=1S/C24H18ClFN6OS/c1-12-6-7-14-13(8-9-28-22(14)31-17-5-3-4-16(25)18(17)26)19(12)32-24(33)15-10-34-21-20(15)29-11-30-23(21)27-2/h3-11H,1-2H3,(H,28,31)(H,32,33)(H,27,29,30). The van der Waals surface area contributed by atoms with Crippen LogP contribution in [0.2, 0.25) is 5.02 Å². The van der Waals surface area contributed by atoms with E-state index in [1.165, 1.54) is 23.7 Å². The molecule has 170 valence electrons. The molecule has 3 heterocycles. The Labute approximate surface area is 203 Å². The first-order valence-electron chi connectivity index (χ1n) is 10.3. The zero-order valence-corrected chi connectivity index (χ0v) is 19.7. The molecule has 10 heteroatoms. The van der Waals surface area contributed by atoms with Gasteiger partial charge in [-0.1, -0.05) is 29.8 Å². The number of thiophene rings is 1. The quantitative estimate of drug-likeness (QED) is 0.264. The average Bonchev–Trinajstić information content (AvgIpc) is 3.28. The molecule has 0 fully saturated rings. The molecule has 2 aromatic carbocycles. The van der Waals surface area contributed by atoms with E-state index in [0.717, 1.165) is 21.0 Å². The second-order valence-corrected chi connectivity index (χ2v) is 8.78. The summed E-state index contributed by atoms with van der Waals surface area (Å²) in [6.45, 7) is 1.91. The van der Waals surface area contributed by atoms with Gasteiger partial charge in [0.15, 0.2) is 5.82 Å². The minimum absolute atomic E-state index is 0.0160. The lowest BCUT2D eigenvalue weighted by Gasteiger charge is -2.15. The summed E-state index contributed by atoms with van der Waals surface area (Å²) in [6, 6.07) is 10.3. The van der Waals surface area contributed by atoms with E-state index < -0.39 is 5.82 Å². The van der Waals surface area contributed by atoms with E-state index >= 15 is 0 Å². The van der Waals surface area contributed by atoms with Crippen LogP contribution >= 0.6 is 22.9 Å². The van der Waals surface area contributed by atoms with Gasteiger partial charge in [-0.25, -0.2) is 19.3 Å². The van der Waals surface area contributed by atoms with Gasteiger partial charge in [0.05, 0.1) is 32.2 Å². The van der Waals surface area contributed by atoms with Crippen LogP contribution < -0.4 is 16.0 Å². The van der Waals surface area contributed by atoms with Crippen molar-refractivity contribution in [3.8, 4) is 0 Å². The minimum atomic E-state index is -0.559. The van der Waals surface area contributed by atoms with Gasteiger partial charge >= 0.3 is 0 Å². The first kappa shape index (κ1) is 22.0. The number of nitrogens with zero attached hydrogens (tertiary/aromatic N) is 3. The van der Waals surface area contributed by atoms with E-state index in [-0.39, 0.29) is 16.6 Å². The highest BCUT2D eigenvalue weighted by Crippen LogP contribution is 2.35. The third-order valence-corrected chi connectivity index (χ3v) is 6.70. The zero-order chi connectivity index (χ0) is 23.8. The fraction of sp³-hybridized carbons (Fsp3) is 0.0833. The Balaban J connectivity index is 1.54. The molecular weight excluding hydrogens is 475 g/mol. The van der Waals surface area contributed by atoms with E-state index in [2.05, 4.69) is 30.9 Å². The van der Waals surface area contributed by atoms with Gasteiger partial charge in [-0.05, 0) is 30.7 Å². The molecule has 0 saturated heterocycles. The highest BCUT2D eigenvalue weighted by Gasteiger charge is 2.19. The van der Waals surface area contributed by atoms with E-state index in [1.807, 2.05) is 25.1 Å². The molecule has 0 aliphatic heterocycles. The topological polar surface area (TPSA) is 91.8 Å². The highest BCUT2D eigenvalue weighted by molar-refractivity contribution is 7.18. The maximum absolute atomic E-state index is 14.4. The minimum Gasteiger partial charge on any atom is -0.372 e. The second-order valence-electron chi connectivity index (χ2n) is 7.49. The smallest absolute Gasteiger partial charge is 0.258 e. The fourth-order valence-corrected chi connectivity index (χ4v) is 4.90. The third-order valence-electron chi connectivity index (χ3n) is 5.43. The molecule has 0 atom stereocenters. The lowest BCUT2D eigenvalue weighted by atomic mass is 10.0. The maximum Gasteiger partial charge on any atom is 0.258 e. The monoisotopic (exact) mass is 492 g/mol. The summed E-state index contributed by atoms with van der Waals surface area (Å²) >= 11 is 7.32. The van der Waals surface area contributed by atoms with Crippen LogP contribution in [0.1, 0.15) is 15.9 Å². The van der Waals surface area contributed by atoms with Crippen molar-refractivity contribution < 1.29 is 9.18 Å². The molecule has 0 aliphatic rings. The number of amides is 1. The molecule has 0 saturated carbocycles. The molecule has 0 unspecified atom stereocenters. The number of aryl methyl sites for hydroxylation is 1. The Morgan fingerprint density at radius 1 is 1.06 bits per heavy atom. The summed E-state index contributed by atoms with van der Waals surface area (Å²) in [5.41, 5.74) is 2.77. The van der Waals surface area contributed by atoms with Gasteiger partial charge < -0.3 is 16.0 Å². The number of benzene rings is 2. The van der Waals surface area contributed by atoms with Crippen molar-refractivity contribution in [1.29, 1.82) is 0 Å². The molecule has 34 heavy (non-hydrogen) atoms. The van der Waals surface area contributed by atoms with Crippen LogP contribution in [0.15, 0.2) is 54.3 Å².